The molecule has 1 heterocycles. The molecule has 1 aliphatic heterocycles. The summed E-state index contributed by atoms with van der Waals surface area (Å²) in [6, 6.07) is 7.37. The van der Waals surface area contributed by atoms with Gasteiger partial charge in [0.1, 0.15) is 11.9 Å². The minimum absolute atomic E-state index is 0.206. The highest BCUT2D eigenvalue weighted by Gasteiger charge is 2.19. The van der Waals surface area contributed by atoms with E-state index >= 15 is 0 Å². The first-order valence-corrected chi connectivity index (χ1v) is 5.77. The van der Waals surface area contributed by atoms with Gasteiger partial charge in [-0.05, 0) is 24.3 Å². The summed E-state index contributed by atoms with van der Waals surface area (Å²) in [5.41, 5.74) is 0. The third kappa shape index (κ3) is 2.89. The topological polar surface area (TPSA) is 29.5 Å². The largest absolute Gasteiger partial charge is 0.490 e. The standard InChI is InChI=1S/C12H14ClNO2/c13-10-1-3-11(4-2-10)16-12-5-7-14(9-15)8-6-12/h1-4,9,12H,5-8H2. The van der Waals surface area contributed by atoms with Crippen molar-refractivity contribution >= 4 is 18.0 Å². The van der Waals surface area contributed by atoms with Crippen LogP contribution >= 0.6 is 11.6 Å². The summed E-state index contributed by atoms with van der Waals surface area (Å²) in [7, 11) is 0. The van der Waals surface area contributed by atoms with Crippen LogP contribution in [0, 0.1) is 0 Å². The molecule has 0 aliphatic carbocycles. The molecule has 0 aromatic heterocycles. The predicted octanol–water partition coefficient (Wildman–Crippen LogP) is 2.34. The Morgan fingerprint density at radius 3 is 2.44 bits per heavy atom. The summed E-state index contributed by atoms with van der Waals surface area (Å²) in [6.07, 6.45) is 2.89. The van der Waals surface area contributed by atoms with E-state index in [1.54, 1.807) is 4.90 Å². The van der Waals surface area contributed by atoms with Crippen LogP contribution in [0.3, 0.4) is 0 Å². The monoisotopic (exact) mass is 239 g/mol. The maximum atomic E-state index is 10.5. The molecule has 1 aromatic carbocycles. The summed E-state index contributed by atoms with van der Waals surface area (Å²) in [6.45, 7) is 1.56. The van der Waals surface area contributed by atoms with Gasteiger partial charge in [-0.15, -0.1) is 0 Å². The molecule has 1 amide bonds. The van der Waals surface area contributed by atoms with Crippen LogP contribution in [0.4, 0.5) is 0 Å². The molecule has 0 spiro atoms. The molecule has 3 nitrogen and oxygen atoms in total. The average Bonchev–Trinajstić information content (AvgIpc) is 2.33. The molecule has 1 fully saturated rings. The number of rotatable bonds is 3. The fraction of sp³-hybridized carbons (Fsp3) is 0.417. The molecule has 0 bridgehead atoms. The maximum Gasteiger partial charge on any atom is 0.209 e. The SMILES string of the molecule is O=CN1CCC(Oc2ccc(Cl)cc2)CC1. The van der Waals surface area contributed by atoms with Crippen molar-refractivity contribution in [2.75, 3.05) is 13.1 Å². The van der Waals surface area contributed by atoms with Crippen molar-refractivity contribution in [3.63, 3.8) is 0 Å². The number of likely N-dealkylation sites (tertiary alicyclic amines) is 1. The highest BCUT2D eigenvalue weighted by molar-refractivity contribution is 6.30. The number of nitrogens with zero attached hydrogens (tertiary/aromatic N) is 1. The van der Waals surface area contributed by atoms with Crippen LogP contribution in [0.2, 0.25) is 5.02 Å². The van der Waals surface area contributed by atoms with Gasteiger partial charge in [0, 0.05) is 31.0 Å². The normalized spacial score (nSPS) is 17.2. The molecule has 86 valence electrons. The fourth-order valence-electron chi connectivity index (χ4n) is 1.80. The van der Waals surface area contributed by atoms with Crippen LogP contribution < -0.4 is 4.74 Å². The zero-order valence-electron chi connectivity index (χ0n) is 8.93. The van der Waals surface area contributed by atoms with E-state index in [2.05, 4.69) is 0 Å². The number of hydrogen-bond acceptors (Lipinski definition) is 2. The fourth-order valence-corrected chi connectivity index (χ4v) is 1.93. The van der Waals surface area contributed by atoms with E-state index in [1.807, 2.05) is 24.3 Å². The van der Waals surface area contributed by atoms with Crippen molar-refractivity contribution in [2.45, 2.75) is 18.9 Å². The first-order chi connectivity index (χ1) is 7.78. The van der Waals surface area contributed by atoms with Crippen LogP contribution in [0.1, 0.15) is 12.8 Å². The van der Waals surface area contributed by atoms with Gasteiger partial charge in [0.25, 0.3) is 0 Å². The Hall–Kier alpha value is -1.22. The predicted molar refractivity (Wildman–Crippen MR) is 62.7 cm³/mol. The molecule has 1 saturated heterocycles. The van der Waals surface area contributed by atoms with Gasteiger partial charge in [-0.2, -0.15) is 0 Å². The number of carbonyl (C=O) groups is 1. The van der Waals surface area contributed by atoms with Crippen LogP contribution in [0.25, 0.3) is 0 Å². The number of amides is 1. The summed E-state index contributed by atoms with van der Waals surface area (Å²) in [5, 5.41) is 0.711. The lowest BCUT2D eigenvalue weighted by atomic mass is 10.1. The first kappa shape index (κ1) is 11.3. The van der Waals surface area contributed by atoms with E-state index in [0.717, 1.165) is 38.1 Å². The maximum absolute atomic E-state index is 10.5. The minimum atomic E-state index is 0.206. The zero-order chi connectivity index (χ0) is 11.4. The van der Waals surface area contributed by atoms with Crippen molar-refractivity contribution in [3.05, 3.63) is 29.3 Å². The number of halogens is 1. The van der Waals surface area contributed by atoms with Crippen LogP contribution in [-0.4, -0.2) is 30.5 Å². The van der Waals surface area contributed by atoms with Crippen molar-refractivity contribution < 1.29 is 9.53 Å². The van der Waals surface area contributed by atoms with Crippen molar-refractivity contribution in [1.29, 1.82) is 0 Å². The molecule has 16 heavy (non-hydrogen) atoms. The van der Waals surface area contributed by atoms with E-state index in [1.165, 1.54) is 0 Å². The molecular weight excluding hydrogens is 226 g/mol. The first-order valence-electron chi connectivity index (χ1n) is 5.39. The van der Waals surface area contributed by atoms with E-state index < -0.39 is 0 Å². The Morgan fingerprint density at radius 2 is 1.88 bits per heavy atom. The van der Waals surface area contributed by atoms with Gasteiger partial charge in [-0.3, -0.25) is 4.79 Å². The van der Waals surface area contributed by atoms with Crippen molar-refractivity contribution in [2.24, 2.45) is 0 Å². The number of hydrogen-bond donors (Lipinski definition) is 0. The lowest BCUT2D eigenvalue weighted by Gasteiger charge is -2.29. The zero-order valence-corrected chi connectivity index (χ0v) is 9.69. The molecule has 0 unspecified atom stereocenters. The summed E-state index contributed by atoms with van der Waals surface area (Å²) in [4.78, 5) is 12.3. The number of piperidine rings is 1. The Morgan fingerprint density at radius 1 is 1.25 bits per heavy atom. The summed E-state index contributed by atoms with van der Waals surface area (Å²) >= 11 is 5.79. The van der Waals surface area contributed by atoms with Gasteiger partial charge in [0.05, 0.1) is 0 Å². The third-order valence-corrected chi connectivity index (χ3v) is 2.99. The van der Waals surface area contributed by atoms with Gasteiger partial charge in [0.15, 0.2) is 0 Å². The van der Waals surface area contributed by atoms with E-state index in [-0.39, 0.29) is 6.10 Å². The Bertz CT molecular complexity index is 345. The van der Waals surface area contributed by atoms with Gasteiger partial charge < -0.3 is 9.64 Å². The highest BCUT2D eigenvalue weighted by atomic mass is 35.5. The second-order valence-electron chi connectivity index (χ2n) is 3.91. The van der Waals surface area contributed by atoms with E-state index in [0.29, 0.717) is 5.02 Å². The lowest BCUT2D eigenvalue weighted by Crippen LogP contribution is -2.37. The Balaban J connectivity index is 1.86. The average molecular weight is 240 g/mol. The van der Waals surface area contributed by atoms with Gasteiger partial charge >= 0.3 is 0 Å². The third-order valence-electron chi connectivity index (χ3n) is 2.74. The molecule has 1 aliphatic rings. The quantitative estimate of drug-likeness (QED) is 0.758. The number of ether oxygens (including phenoxy) is 1. The van der Waals surface area contributed by atoms with Gasteiger partial charge in [0.2, 0.25) is 6.41 Å². The van der Waals surface area contributed by atoms with Gasteiger partial charge in [-0.25, -0.2) is 0 Å². The molecule has 4 heteroatoms. The second kappa shape index (κ2) is 5.21. The number of carbonyl (C=O) groups excluding carboxylic acids is 1. The molecule has 0 atom stereocenters. The molecule has 2 rings (SSSR count). The molecule has 0 radical (unpaired) electrons. The summed E-state index contributed by atoms with van der Waals surface area (Å²) in [5.74, 6) is 0.842. The van der Waals surface area contributed by atoms with E-state index in [4.69, 9.17) is 16.3 Å². The van der Waals surface area contributed by atoms with Crippen LogP contribution in [-0.2, 0) is 4.79 Å². The number of benzene rings is 1. The van der Waals surface area contributed by atoms with Crippen molar-refractivity contribution in [1.82, 2.24) is 4.90 Å². The Labute approximate surface area is 100.0 Å². The van der Waals surface area contributed by atoms with Gasteiger partial charge in [-0.1, -0.05) is 11.6 Å². The minimum Gasteiger partial charge on any atom is -0.490 e. The molecule has 0 N–H and O–H groups in total. The van der Waals surface area contributed by atoms with Crippen LogP contribution in [0.5, 0.6) is 5.75 Å². The highest BCUT2D eigenvalue weighted by Crippen LogP contribution is 2.20. The van der Waals surface area contributed by atoms with Crippen LogP contribution in [0.15, 0.2) is 24.3 Å². The van der Waals surface area contributed by atoms with E-state index in [9.17, 15) is 4.79 Å². The summed E-state index contributed by atoms with van der Waals surface area (Å²) < 4.78 is 5.80. The molecule has 0 saturated carbocycles. The molecule has 1 aromatic rings. The second-order valence-corrected chi connectivity index (χ2v) is 4.35. The Kier molecular flexibility index (Phi) is 3.67. The smallest absolute Gasteiger partial charge is 0.209 e. The lowest BCUT2D eigenvalue weighted by molar-refractivity contribution is -0.119. The van der Waals surface area contributed by atoms with Crippen molar-refractivity contribution in [3.8, 4) is 5.75 Å². The molecular formula is C12H14ClNO2.